The molecule has 0 heterocycles. The monoisotopic (exact) mass is 354 g/mol. The Hall–Kier alpha value is -0.400. The first kappa shape index (κ1) is 17.7. The average Bonchev–Trinajstić information content (AvgIpc) is 2.34. The molecule has 0 atom stereocenters. The van der Waals surface area contributed by atoms with Crippen molar-refractivity contribution in [1.82, 2.24) is 4.72 Å². The summed E-state index contributed by atoms with van der Waals surface area (Å²) in [7, 11) is -3.82. The number of benzene rings is 1. The van der Waals surface area contributed by atoms with Crippen LogP contribution in [0.15, 0.2) is 23.1 Å². The third kappa shape index (κ3) is 3.83. The maximum Gasteiger partial charge on any atom is 0.241 e. The van der Waals surface area contributed by atoms with Crippen molar-refractivity contribution in [1.29, 1.82) is 0 Å². The van der Waals surface area contributed by atoms with E-state index in [0.29, 0.717) is 12.8 Å². The maximum absolute atomic E-state index is 12.4. The van der Waals surface area contributed by atoms with Crippen molar-refractivity contribution in [3.8, 4) is 0 Å². The lowest BCUT2D eigenvalue weighted by atomic mass is 9.94. The van der Waals surface area contributed by atoms with E-state index in [9.17, 15) is 8.42 Å². The lowest BCUT2D eigenvalue weighted by molar-refractivity contribution is 0.466. The Bertz CT molecular complexity index is 594. The second-order valence-corrected chi connectivity index (χ2v) is 7.36. The van der Waals surface area contributed by atoms with Crippen molar-refractivity contribution < 1.29 is 8.42 Å². The van der Waals surface area contributed by atoms with Crippen LogP contribution in [0, 0.1) is 0 Å². The van der Waals surface area contributed by atoms with Crippen molar-refractivity contribution in [3.63, 3.8) is 0 Å². The van der Waals surface area contributed by atoms with E-state index in [1.807, 2.05) is 13.8 Å². The van der Waals surface area contributed by atoms with Crippen LogP contribution in [0.2, 0.25) is 10.0 Å². The standard InChI is InChI=1S/C12H16Cl2N2O2S2/c1-3-12(4-2,11(15)19)16-20(17,18)10-6-8(13)5-9(14)7-10/h5-7,16H,3-4H2,1-2H3,(H2,15,19). The van der Waals surface area contributed by atoms with Crippen LogP contribution in [0.5, 0.6) is 0 Å². The van der Waals surface area contributed by atoms with Crippen LogP contribution in [0.3, 0.4) is 0 Å². The maximum atomic E-state index is 12.4. The van der Waals surface area contributed by atoms with Crippen LogP contribution in [0.1, 0.15) is 26.7 Å². The quantitative estimate of drug-likeness (QED) is 0.769. The van der Waals surface area contributed by atoms with Crippen molar-refractivity contribution in [2.45, 2.75) is 37.1 Å². The van der Waals surface area contributed by atoms with Gasteiger partial charge in [0, 0.05) is 10.0 Å². The van der Waals surface area contributed by atoms with E-state index in [0.717, 1.165) is 0 Å². The molecule has 0 amide bonds. The second-order valence-electron chi connectivity index (χ2n) is 4.36. The Balaban J connectivity index is 3.26. The van der Waals surface area contributed by atoms with E-state index >= 15 is 0 Å². The van der Waals surface area contributed by atoms with Crippen molar-refractivity contribution in [2.24, 2.45) is 5.73 Å². The summed E-state index contributed by atoms with van der Waals surface area (Å²) in [5.74, 6) is 0. The number of hydrogen-bond donors (Lipinski definition) is 2. The fourth-order valence-corrected chi connectivity index (χ4v) is 4.45. The lowest BCUT2D eigenvalue weighted by Crippen LogP contribution is -2.55. The van der Waals surface area contributed by atoms with Gasteiger partial charge in [0.2, 0.25) is 10.0 Å². The number of halogens is 2. The molecule has 0 aliphatic rings. The summed E-state index contributed by atoms with van der Waals surface area (Å²) < 4.78 is 27.4. The molecule has 0 unspecified atom stereocenters. The van der Waals surface area contributed by atoms with Crippen LogP contribution in [-0.4, -0.2) is 18.9 Å². The van der Waals surface area contributed by atoms with E-state index in [-0.39, 0.29) is 19.9 Å². The highest BCUT2D eigenvalue weighted by Gasteiger charge is 2.35. The summed E-state index contributed by atoms with van der Waals surface area (Å²) in [5.41, 5.74) is 4.73. The summed E-state index contributed by atoms with van der Waals surface area (Å²) in [6.07, 6.45) is 0.902. The molecule has 0 aliphatic carbocycles. The summed E-state index contributed by atoms with van der Waals surface area (Å²) >= 11 is 16.7. The Morgan fingerprint density at radius 3 is 2.05 bits per heavy atom. The Labute approximate surface area is 134 Å². The molecule has 0 saturated carbocycles. The summed E-state index contributed by atoms with van der Waals surface area (Å²) in [5, 5.41) is 0.485. The van der Waals surface area contributed by atoms with E-state index in [1.54, 1.807) is 0 Å². The molecule has 20 heavy (non-hydrogen) atoms. The minimum Gasteiger partial charge on any atom is -0.392 e. The fourth-order valence-electron chi connectivity index (χ4n) is 1.79. The molecule has 1 rings (SSSR count). The number of hydrogen-bond acceptors (Lipinski definition) is 3. The highest BCUT2D eigenvalue weighted by Crippen LogP contribution is 2.25. The summed E-state index contributed by atoms with van der Waals surface area (Å²) in [6.45, 7) is 3.63. The largest absolute Gasteiger partial charge is 0.392 e. The molecule has 3 N–H and O–H groups in total. The van der Waals surface area contributed by atoms with Gasteiger partial charge in [-0.15, -0.1) is 0 Å². The molecule has 4 nitrogen and oxygen atoms in total. The van der Waals surface area contributed by atoms with Crippen molar-refractivity contribution in [3.05, 3.63) is 28.2 Å². The first-order chi connectivity index (χ1) is 9.16. The van der Waals surface area contributed by atoms with Crippen LogP contribution in [-0.2, 0) is 10.0 Å². The second kappa shape index (κ2) is 6.58. The SMILES string of the molecule is CCC(CC)(NS(=O)(=O)c1cc(Cl)cc(Cl)c1)C(N)=S. The number of nitrogens with two attached hydrogens (primary N) is 1. The Kier molecular flexibility index (Phi) is 5.80. The third-order valence-electron chi connectivity index (χ3n) is 3.15. The molecule has 0 saturated heterocycles. The van der Waals surface area contributed by atoms with Gasteiger partial charge in [-0.3, -0.25) is 0 Å². The zero-order chi connectivity index (χ0) is 15.6. The van der Waals surface area contributed by atoms with Gasteiger partial charge in [0.25, 0.3) is 0 Å². The van der Waals surface area contributed by atoms with Crippen LogP contribution < -0.4 is 10.5 Å². The number of sulfonamides is 1. The predicted molar refractivity (Wildman–Crippen MR) is 86.9 cm³/mol. The first-order valence-electron chi connectivity index (χ1n) is 5.97. The topological polar surface area (TPSA) is 72.2 Å². The lowest BCUT2D eigenvalue weighted by Gasteiger charge is -2.31. The van der Waals surface area contributed by atoms with Gasteiger partial charge < -0.3 is 5.73 Å². The normalized spacial score (nSPS) is 12.4. The molecule has 0 fully saturated rings. The number of nitrogens with one attached hydrogen (secondary N) is 1. The zero-order valence-electron chi connectivity index (χ0n) is 11.1. The average molecular weight is 355 g/mol. The first-order valence-corrected chi connectivity index (χ1v) is 8.61. The molecular weight excluding hydrogens is 339 g/mol. The molecule has 1 aromatic carbocycles. The van der Waals surface area contributed by atoms with Crippen molar-refractivity contribution in [2.75, 3.05) is 0 Å². The Morgan fingerprint density at radius 2 is 1.70 bits per heavy atom. The Morgan fingerprint density at radius 1 is 1.25 bits per heavy atom. The predicted octanol–water partition coefficient (Wildman–Crippen LogP) is 3.12. The van der Waals surface area contributed by atoms with E-state index < -0.39 is 15.6 Å². The van der Waals surface area contributed by atoms with Gasteiger partial charge in [-0.05, 0) is 31.0 Å². The van der Waals surface area contributed by atoms with E-state index in [4.69, 9.17) is 41.2 Å². The molecule has 0 aliphatic heterocycles. The fraction of sp³-hybridized carbons (Fsp3) is 0.417. The molecule has 8 heteroatoms. The number of rotatable bonds is 6. The van der Waals surface area contributed by atoms with E-state index in [1.165, 1.54) is 18.2 Å². The van der Waals surface area contributed by atoms with Crippen LogP contribution >= 0.6 is 35.4 Å². The van der Waals surface area contributed by atoms with Gasteiger partial charge in [0.15, 0.2) is 0 Å². The third-order valence-corrected chi connectivity index (χ3v) is 5.50. The minimum atomic E-state index is -3.82. The van der Waals surface area contributed by atoms with E-state index in [2.05, 4.69) is 4.72 Å². The van der Waals surface area contributed by atoms with Gasteiger partial charge in [0.05, 0.1) is 15.4 Å². The van der Waals surface area contributed by atoms with Gasteiger partial charge in [0.1, 0.15) is 0 Å². The molecule has 0 aromatic heterocycles. The van der Waals surface area contributed by atoms with Crippen LogP contribution in [0.4, 0.5) is 0 Å². The summed E-state index contributed by atoms with van der Waals surface area (Å²) in [4.78, 5) is 0.0942. The molecule has 112 valence electrons. The van der Waals surface area contributed by atoms with Crippen molar-refractivity contribution >= 4 is 50.4 Å². The summed E-state index contributed by atoms with van der Waals surface area (Å²) in [6, 6.07) is 4.11. The number of thiocarbonyl (C=S) groups is 1. The van der Waals surface area contributed by atoms with Crippen LogP contribution in [0.25, 0.3) is 0 Å². The highest BCUT2D eigenvalue weighted by molar-refractivity contribution is 7.89. The van der Waals surface area contributed by atoms with Gasteiger partial charge in [-0.1, -0.05) is 49.3 Å². The van der Waals surface area contributed by atoms with Gasteiger partial charge >= 0.3 is 0 Å². The molecule has 0 spiro atoms. The molecule has 1 aromatic rings. The molecule has 0 radical (unpaired) electrons. The minimum absolute atomic E-state index is 0.0162. The zero-order valence-corrected chi connectivity index (χ0v) is 14.3. The molecular formula is C12H16Cl2N2O2S2. The smallest absolute Gasteiger partial charge is 0.241 e. The highest BCUT2D eigenvalue weighted by atomic mass is 35.5. The van der Waals surface area contributed by atoms with Gasteiger partial charge in [-0.2, -0.15) is 4.72 Å². The molecule has 0 bridgehead atoms. The van der Waals surface area contributed by atoms with Gasteiger partial charge in [-0.25, -0.2) is 8.42 Å².